The molecule has 0 unspecified atom stereocenters. The summed E-state index contributed by atoms with van der Waals surface area (Å²) in [5.41, 5.74) is 1.63. The molecule has 0 saturated carbocycles. The van der Waals surface area contributed by atoms with E-state index in [1.54, 1.807) is 18.2 Å². The summed E-state index contributed by atoms with van der Waals surface area (Å²) in [6.45, 7) is 1.41. The van der Waals surface area contributed by atoms with Crippen LogP contribution in [-0.4, -0.2) is 28.4 Å². The van der Waals surface area contributed by atoms with Gasteiger partial charge in [0, 0.05) is 11.6 Å². The van der Waals surface area contributed by atoms with Crippen molar-refractivity contribution in [3.05, 3.63) is 57.7 Å². The van der Waals surface area contributed by atoms with Crippen molar-refractivity contribution in [2.45, 2.75) is 25.4 Å². The fourth-order valence-corrected chi connectivity index (χ4v) is 3.89. The van der Waals surface area contributed by atoms with Gasteiger partial charge in [0.1, 0.15) is 28.2 Å². The van der Waals surface area contributed by atoms with E-state index in [9.17, 15) is 20.1 Å². The van der Waals surface area contributed by atoms with Gasteiger partial charge in [-0.2, -0.15) is 0 Å². The lowest BCUT2D eigenvalue weighted by Gasteiger charge is -2.26. The van der Waals surface area contributed by atoms with Crippen molar-refractivity contribution in [3.8, 4) is 22.8 Å². The number of hydrogen-bond donors (Lipinski definition) is 4. The zero-order chi connectivity index (χ0) is 19.0. The predicted octanol–water partition coefficient (Wildman–Crippen LogP) is 2.83. The number of aromatic hydroxyl groups is 2. The SMILES string of the molecule is O=c1cc(-c2ccccc2O)oc2c(C3CCNCC3)c(CO)cc(O)c12. The molecule has 6 nitrogen and oxygen atoms in total. The average Bonchev–Trinajstić information content (AvgIpc) is 2.68. The van der Waals surface area contributed by atoms with Crippen LogP contribution < -0.4 is 10.7 Å². The Morgan fingerprint density at radius 3 is 2.52 bits per heavy atom. The molecular formula is C21H21NO5. The van der Waals surface area contributed by atoms with Crippen LogP contribution in [0.25, 0.3) is 22.3 Å². The van der Waals surface area contributed by atoms with Gasteiger partial charge in [0.15, 0.2) is 5.43 Å². The van der Waals surface area contributed by atoms with Crippen LogP contribution in [0.1, 0.15) is 29.9 Å². The molecule has 1 fully saturated rings. The quantitative estimate of drug-likeness (QED) is 0.568. The number of para-hydroxylation sites is 1. The van der Waals surface area contributed by atoms with E-state index in [2.05, 4.69) is 5.32 Å². The first-order chi connectivity index (χ1) is 13.1. The maximum absolute atomic E-state index is 12.8. The lowest BCUT2D eigenvalue weighted by atomic mass is 9.85. The summed E-state index contributed by atoms with van der Waals surface area (Å²) in [6.07, 6.45) is 1.69. The van der Waals surface area contributed by atoms with Gasteiger partial charge in [-0.25, -0.2) is 0 Å². The van der Waals surface area contributed by atoms with E-state index >= 15 is 0 Å². The van der Waals surface area contributed by atoms with Crippen molar-refractivity contribution in [3.63, 3.8) is 0 Å². The number of aliphatic hydroxyl groups is 1. The van der Waals surface area contributed by atoms with Crippen molar-refractivity contribution in [1.29, 1.82) is 0 Å². The Morgan fingerprint density at radius 2 is 1.81 bits per heavy atom. The van der Waals surface area contributed by atoms with Gasteiger partial charge in [-0.3, -0.25) is 4.79 Å². The van der Waals surface area contributed by atoms with Gasteiger partial charge >= 0.3 is 0 Å². The molecular weight excluding hydrogens is 346 g/mol. The molecule has 1 aliphatic heterocycles. The van der Waals surface area contributed by atoms with Crippen molar-refractivity contribution in [2.75, 3.05) is 13.1 Å². The lowest BCUT2D eigenvalue weighted by Crippen LogP contribution is -2.27. The fourth-order valence-electron chi connectivity index (χ4n) is 3.89. The highest BCUT2D eigenvalue weighted by atomic mass is 16.3. The Morgan fingerprint density at radius 1 is 1.07 bits per heavy atom. The Balaban J connectivity index is 2.03. The number of phenolic OH excluding ortho intramolecular Hbond substituents is 2. The number of fused-ring (bicyclic) bond motifs is 1. The molecule has 0 spiro atoms. The van der Waals surface area contributed by atoms with E-state index in [1.165, 1.54) is 18.2 Å². The number of aliphatic hydroxyl groups excluding tert-OH is 1. The van der Waals surface area contributed by atoms with Crippen LogP contribution in [0, 0.1) is 0 Å². The molecule has 6 heteroatoms. The summed E-state index contributed by atoms with van der Waals surface area (Å²) in [5.74, 6) is 0.143. The monoisotopic (exact) mass is 367 g/mol. The van der Waals surface area contributed by atoms with Crippen LogP contribution in [0.3, 0.4) is 0 Å². The number of rotatable bonds is 3. The minimum Gasteiger partial charge on any atom is -0.507 e. The molecule has 0 radical (unpaired) electrons. The van der Waals surface area contributed by atoms with E-state index in [4.69, 9.17) is 4.42 Å². The van der Waals surface area contributed by atoms with E-state index in [-0.39, 0.29) is 46.2 Å². The molecule has 1 saturated heterocycles. The van der Waals surface area contributed by atoms with E-state index in [0.29, 0.717) is 11.1 Å². The molecule has 0 aliphatic carbocycles. The molecule has 3 aromatic rings. The Labute approximate surface area is 155 Å². The standard InChI is InChI=1S/C21H21NO5/c23-11-13-9-16(25)20-17(26)10-18(14-3-1-2-4-15(14)24)27-21(20)19(13)12-5-7-22-8-6-12/h1-4,9-10,12,22-25H,5-8,11H2. The zero-order valence-electron chi connectivity index (χ0n) is 14.7. The van der Waals surface area contributed by atoms with Gasteiger partial charge in [0.05, 0.1) is 12.2 Å². The molecule has 4 rings (SSSR count). The molecule has 140 valence electrons. The normalized spacial score (nSPS) is 15.3. The lowest BCUT2D eigenvalue weighted by molar-refractivity contribution is 0.278. The summed E-state index contributed by atoms with van der Waals surface area (Å²) in [5, 5.41) is 33.8. The maximum Gasteiger partial charge on any atom is 0.197 e. The largest absolute Gasteiger partial charge is 0.507 e. The summed E-state index contributed by atoms with van der Waals surface area (Å²) >= 11 is 0. The molecule has 4 N–H and O–H groups in total. The van der Waals surface area contributed by atoms with Crippen LogP contribution >= 0.6 is 0 Å². The molecule has 27 heavy (non-hydrogen) atoms. The van der Waals surface area contributed by atoms with E-state index in [0.717, 1.165) is 31.5 Å². The minimum absolute atomic E-state index is 0.00551. The molecule has 1 aliphatic rings. The van der Waals surface area contributed by atoms with Crippen molar-refractivity contribution >= 4 is 11.0 Å². The number of phenols is 2. The van der Waals surface area contributed by atoms with Gasteiger partial charge in [-0.15, -0.1) is 0 Å². The van der Waals surface area contributed by atoms with Crippen LogP contribution in [0.15, 0.2) is 45.6 Å². The molecule has 2 heterocycles. The molecule has 0 bridgehead atoms. The van der Waals surface area contributed by atoms with Crippen molar-refractivity contribution < 1.29 is 19.7 Å². The molecule has 1 aromatic heterocycles. The summed E-state index contributed by atoms with van der Waals surface area (Å²) in [4.78, 5) is 12.8. The highest BCUT2D eigenvalue weighted by Gasteiger charge is 2.25. The predicted molar refractivity (Wildman–Crippen MR) is 102 cm³/mol. The summed E-state index contributed by atoms with van der Waals surface area (Å²) < 4.78 is 6.07. The first-order valence-corrected chi connectivity index (χ1v) is 9.02. The molecule has 0 amide bonds. The zero-order valence-corrected chi connectivity index (χ0v) is 14.7. The smallest absolute Gasteiger partial charge is 0.197 e. The van der Waals surface area contributed by atoms with Crippen LogP contribution in [-0.2, 0) is 6.61 Å². The van der Waals surface area contributed by atoms with Gasteiger partial charge in [0.25, 0.3) is 0 Å². The first-order valence-electron chi connectivity index (χ1n) is 9.02. The minimum atomic E-state index is -0.383. The van der Waals surface area contributed by atoms with E-state index in [1.807, 2.05) is 0 Å². The van der Waals surface area contributed by atoms with Crippen molar-refractivity contribution in [1.82, 2.24) is 5.32 Å². The molecule has 2 aromatic carbocycles. The number of hydrogen-bond acceptors (Lipinski definition) is 6. The number of benzene rings is 2. The van der Waals surface area contributed by atoms with Crippen LogP contribution in [0.4, 0.5) is 0 Å². The highest BCUT2D eigenvalue weighted by molar-refractivity contribution is 5.89. The third-order valence-corrected chi connectivity index (χ3v) is 5.19. The average molecular weight is 367 g/mol. The van der Waals surface area contributed by atoms with Crippen molar-refractivity contribution in [2.24, 2.45) is 0 Å². The summed E-state index contributed by atoms with van der Waals surface area (Å²) in [6, 6.07) is 9.36. The number of nitrogens with one attached hydrogen (secondary N) is 1. The fraction of sp³-hybridized carbons (Fsp3) is 0.286. The Hall–Kier alpha value is -2.83. The first kappa shape index (κ1) is 17.6. The second-order valence-corrected chi connectivity index (χ2v) is 6.85. The third kappa shape index (κ3) is 3.07. The summed E-state index contributed by atoms with van der Waals surface area (Å²) in [7, 11) is 0. The van der Waals surface area contributed by atoms with Crippen LogP contribution in [0.5, 0.6) is 11.5 Å². The Bertz CT molecular complexity index is 1050. The second-order valence-electron chi connectivity index (χ2n) is 6.85. The molecule has 0 atom stereocenters. The Kier molecular flexibility index (Phi) is 4.59. The topological polar surface area (TPSA) is 103 Å². The van der Waals surface area contributed by atoms with E-state index < -0.39 is 0 Å². The highest BCUT2D eigenvalue weighted by Crippen LogP contribution is 2.39. The van der Waals surface area contributed by atoms with Gasteiger partial charge in [-0.05, 0) is 55.6 Å². The van der Waals surface area contributed by atoms with Gasteiger partial charge in [0.2, 0.25) is 0 Å². The number of piperidine rings is 1. The third-order valence-electron chi connectivity index (χ3n) is 5.19. The second kappa shape index (κ2) is 7.06. The maximum atomic E-state index is 12.8. The van der Waals surface area contributed by atoms with Gasteiger partial charge in [-0.1, -0.05) is 12.1 Å². The van der Waals surface area contributed by atoms with Crippen LogP contribution in [0.2, 0.25) is 0 Å². The van der Waals surface area contributed by atoms with Gasteiger partial charge < -0.3 is 25.1 Å².